The van der Waals surface area contributed by atoms with Gasteiger partial charge in [-0.3, -0.25) is 4.79 Å². The van der Waals surface area contributed by atoms with Crippen LogP contribution in [0.1, 0.15) is 50.5 Å². The first-order chi connectivity index (χ1) is 10.1. The van der Waals surface area contributed by atoms with E-state index in [2.05, 4.69) is 0 Å². The topological polar surface area (TPSA) is 40.5 Å². The second-order valence-corrected chi connectivity index (χ2v) is 6.45. The van der Waals surface area contributed by atoms with Crippen molar-refractivity contribution in [2.75, 3.05) is 0 Å². The Kier molecular flexibility index (Phi) is 3.98. The maximum absolute atomic E-state index is 13.8. The summed E-state index contributed by atoms with van der Waals surface area (Å²) >= 11 is 0. The van der Waals surface area contributed by atoms with Gasteiger partial charge in [-0.15, -0.1) is 0 Å². The Morgan fingerprint density at radius 1 is 1.29 bits per heavy atom. The number of benzene rings is 1. The Hall–Kier alpha value is -1.42. The molecule has 4 heteroatoms. The first kappa shape index (κ1) is 14.5. The van der Waals surface area contributed by atoms with Gasteiger partial charge in [-0.05, 0) is 31.7 Å². The van der Waals surface area contributed by atoms with Gasteiger partial charge in [0.25, 0.3) is 0 Å². The quantitative estimate of drug-likeness (QED) is 0.906. The van der Waals surface area contributed by atoms with Crippen LogP contribution in [0.3, 0.4) is 0 Å². The Balaban J connectivity index is 1.69. The van der Waals surface area contributed by atoms with Crippen molar-refractivity contribution in [3.63, 3.8) is 0 Å². The van der Waals surface area contributed by atoms with Crippen molar-refractivity contribution in [2.24, 2.45) is 0 Å². The van der Waals surface area contributed by atoms with E-state index in [0.717, 1.165) is 25.7 Å². The minimum absolute atomic E-state index is 0.0369. The van der Waals surface area contributed by atoms with Gasteiger partial charge in [0, 0.05) is 18.2 Å². The van der Waals surface area contributed by atoms with E-state index in [9.17, 15) is 14.3 Å². The molecule has 2 saturated carbocycles. The van der Waals surface area contributed by atoms with Crippen molar-refractivity contribution in [1.29, 1.82) is 0 Å². The summed E-state index contributed by atoms with van der Waals surface area (Å²) in [5.74, 6) is -0.305. The number of carbonyl (C=O) groups is 1. The van der Waals surface area contributed by atoms with E-state index in [-0.39, 0.29) is 24.2 Å². The van der Waals surface area contributed by atoms with Crippen molar-refractivity contribution >= 4 is 5.91 Å². The fourth-order valence-corrected chi connectivity index (χ4v) is 3.21. The van der Waals surface area contributed by atoms with Crippen molar-refractivity contribution in [3.05, 3.63) is 35.6 Å². The third-order valence-corrected chi connectivity index (χ3v) is 4.62. The molecule has 0 heterocycles. The molecule has 1 N–H and O–H groups in total. The predicted molar refractivity (Wildman–Crippen MR) is 78.0 cm³/mol. The summed E-state index contributed by atoms with van der Waals surface area (Å²) in [5.41, 5.74) is -0.282. The Morgan fingerprint density at radius 2 is 1.95 bits per heavy atom. The Labute approximate surface area is 124 Å². The molecule has 0 bridgehead atoms. The molecule has 0 saturated heterocycles. The monoisotopic (exact) mass is 291 g/mol. The number of rotatable bonds is 5. The summed E-state index contributed by atoms with van der Waals surface area (Å²) in [4.78, 5) is 14.3. The van der Waals surface area contributed by atoms with Gasteiger partial charge in [0.2, 0.25) is 5.91 Å². The molecule has 2 aliphatic carbocycles. The Morgan fingerprint density at radius 3 is 2.57 bits per heavy atom. The molecule has 0 spiro atoms. The van der Waals surface area contributed by atoms with Crippen LogP contribution in [0, 0.1) is 5.82 Å². The second kappa shape index (κ2) is 5.76. The van der Waals surface area contributed by atoms with Crippen molar-refractivity contribution in [1.82, 2.24) is 4.90 Å². The van der Waals surface area contributed by atoms with Crippen LogP contribution in [0.4, 0.5) is 4.39 Å². The predicted octanol–water partition coefficient (Wildman–Crippen LogP) is 3.01. The third kappa shape index (κ3) is 3.43. The van der Waals surface area contributed by atoms with Crippen LogP contribution in [0.5, 0.6) is 0 Å². The average molecular weight is 291 g/mol. The van der Waals surface area contributed by atoms with Crippen LogP contribution in [0.2, 0.25) is 0 Å². The molecule has 114 valence electrons. The summed E-state index contributed by atoms with van der Waals surface area (Å²) < 4.78 is 13.8. The molecule has 1 aromatic rings. The molecule has 0 radical (unpaired) electrons. The number of carbonyl (C=O) groups excluding carboxylic acids is 1. The fraction of sp³-hybridized carbons (Fsp3) is 0.588. The van der Waals surface area contributed by atoms with Gasteiger partial charge in [-0.25, -0.2) is 4.39 Å². The summed E-state index contributed by atoms with van der Waals surface area (Å²) in [6.45, 7) is 0.312. The van der Waals surface area contributed by atoms with E-state index in [1.807, 2.05) is 0 Å². The normalized spacial score (nSPS) is 20.5. The van der Waals surface area contributed by atoms with Gasteiger partial charge >= 0.3 is 0 Å². The molecule has 0 aliphatic heterocycles. The van der Waals surface area contributed by atoms with Gasteiger partial charge < -0.3 is 10.0 Å². The lowest BCUT2D eigenvalue weighted by molar-refractivity contribution is -0.137. The summed E-state index contributed by atoms with van der Waals surface area (Å²) in [6.07, 6.45) is 5.53. The molecule has 21 heavy (non-hydrogen) atoms. The highest BCUT2D eigenvalue weighted by atomic mass is 19.1. The lowest BCUT2D eigenvalue weighted by atomic mass is 9.97. The maximum Gasteiger partial charge on any atom is 0.226 e. The van der Waals surface area contributed by atoms with Crippen molar-refractivity contribution < 1.29 is 14.3 Å². The van der Waals surface area contributed by atoms with Crippen LogP contribution in [0.25, 0.3) is 0 Å². The SMILES string of the molecule is O=C(CC1(O)CCCC1)N(Cc1ccccc1F)C1CC1. The lowest BCUT2D eigenvalue weighted by Gasteiger charge is -2.28. The number of aliphatic hydroxyl groups is 1. The van der Waals surface area contributed by atoms with Crippen LogP contribution in [-0.2, 0) is 11.3 Å². The summed E-state index contributed by atoms with van der Waals surface area (Å²) in [6, 6.07) is 6.82. The highest BCUT2D eigenvalue weighted by Crippen LogP contribution is 2.35. The number of hydrogen-bond acceptors (Lipinski definition) is 2. The molecule has 1 amide bonds. The zero-order valence-corrected chi connectivity index (χ0v) is 12.2. The highest BCUT2D eigenvalue weighted by molar-refractivity contribution is 5.78. The molecule has 3 nitrogen and oxygen atoms in total. The lowest BCUT2D eigenvalue weighted by Crippen LogP contribution is -2.39. The molecular formula is C17H22FNO2. The highest BCUT2D eigenvalue weighted by Gasteiger charge is 2.39. The van der Waals surface area contributed by atoms with E-state index in [4.69, 9.17) is 0 Å². The maximum atomic E-state index is 13.8. The standard InChI is InChI=1S/C17H22FNO2/c18-15-6-2-1-5-13(15)12-19(14-7-8-14)16(20)11-17(21)9-3-4-10-17/h1-2,5-6,14,21H,3-4,7-12H2. The van der Waals surface area contributed by atoms with E-state index in [0.29, 0.717) is 24.9 Å². The first-order valence-corrected chi connectivity index (χ1v) is 7.83. The Bertz CT molecular complexity index is 521. The zero-order chi connectivity index (χ0) is 14.9. The molecule has 1 aromatic carbocycles. The first-order valence-electron chi connectivity index (χ1n) is 7.83. The van der Waals surface area contributed by atoms with E-state index in [1.54, 1.807) is 23.1 Å². The number of halogens is 1. The minimum Gasteiger partial charge on any atom is -0.389 e. The van der Waals surface area contributed by atoms with Crippen LogP contribution in [-0.4, -0.2) is 27.6 Å². The number of hydrogen-bond donors (Lipinski definition) is 1. The van der Waals surface area contributed by atoms with Gasteiger partial charge in [-0.1, -0.05) is 31.0 Å². The summed E-state index contributed by atoms with van der Waals surface area (Å²) in [7, 11) is 0. The smallest absolute Gasteiger partial charge is 0.226 e. The minimum atomic E-state index is -0.834. The van der Waals surface area contributed by atoms with Gasteiger partial charge in [0.15, 0.2) is 0 Å². The van der Waals surface area contributed by atoms with Crippen molar-refractivity contribution in [2.45, 2.75) is 63.1 Å². The van der Waals surface area contributed by atoms with E-state index in [1.165, 1.54) is 6.07 Å². The molecule has 0 unspecified atom stereocenters. The largest absolute Gasteiger partial charge is 0.389 e. The van der Waals surface area contributed by atoms with Gasteiger partial charge in [-0.2, -0.15) is 0 Å². The molecule has 3 rings (SSSR count). The van der Waals surface area contributed by atoms with Crippen LogP contribution in [0.15, 0.2) is 24.3 Å². The average Bonchev–Trinajstić information content (AvgIpc) is 3.20. The van der Waals surface area contributed by atoms with E-state index < -0.39 is 5.60 Å². The zero-order valence-electron chi connectivity index (χ0n) is 12.2. The van der Waals surface area contributed by atoms with Crippen LogP contribution < -0.4 is 0 Å². The number of amides is 1. The van der Waals surface area contributed by atoms with Gasteiger partial charge in [0.1, 0.15) is 5.82 Å². The van der Waals surface area contributed by atoms with E-state index >= 15 is 0 Å². The molecular weight excluding hydrogens is 269 g/mol. The number of nitrogens with zero attached hydrogens (tertiary/aromatic N) is 1. The van der Waals surface area contributed by atoms with Gasteiger partial charge in [0.05, 0.1) is 12.0 Å². The molecule has 2 aliphatic rings. The van der Waals surface area contributed by atoms with Crippen LogP contribution >= 0.6 is 0 Å². The summed E-state index contributed by atoms with van der Waals surface area (Å²) in [5, 5.41) is 10.4. The molecule has 0 atom stereocenters. The third-order valence-electron chi connectivity index (χ3n) is 4.62. The second-order valence-electron chi connectivity index (χ2n) is 6.45. The molecule has 2 fully saturated rings. The fourth-order valence-electron chi connectivity index (χ4n) is 3.21. The van der Waals surface area contributed by atoms with Crippen molar-refractivity contribution in [3.8, 4) is 0 Å². The molecule has 0 aromatic heterocycles.